The van der Waals surface area contributed by atoms with E-state index in [9.17, 15) is 14.4 Å². The molecule has 0 saturated heterocycles. The predicted octanol–water partition coefficient (Wildman–Crippen LogP) is 2.24. The lowest BCUT2D eigenvalue weighted by Crippen LogP contribution is -2.34. The van der Waals surface area contributed by atoms with Crippen molar-refractivity contribution in [2.75, 3.05) is 20.2 Å². The highest BCUT2D eigenvalue weighted by Gasteiger charge is 2.14. The Morgan fingerprint density at radius 3 is 2.37 bits per heavy atom. The summed E-state index contributed by atoms with van der Waals surface area (Å²) in [6.07, 6.45) is 0. The van der Waals surface area contributed by atoms with E-state index >= 15 is 0 Å². The number of amides is 2. The molecule has 0 aromatic heterocycles. The van der Waals surface area contributed by atoms with Gasteiger partial charge in [0.05, 0.1) is 0 Å². The number of hydrogen-bond acceptors (Lipinski definition) is 4. The van der Waals surface area contributed by atoms with E-state index in [0.717, 1.165) is 16.7 Å². The highest BCUT2D eigenvalue weighted by molar-refractivity contribution is 5.96. The monoisotopic (exact) mass is 368 g/mol. The fourth-order valence-corrected chi connectivity index (χ4v) is 2.39. The fourth-order valence-electron chi connectivity index (χ4n) is 2.39. The van der Waals surface area contributed by atoms with Gasteiger partial charge in [0.2, 0.25) is 0 Å². The largest absolute Gasteiger partial charge is 0.454 e. The number of rotatable bonds is 7. The second-order valence-electron chi connectivity index (χ2n) is 6.38. The Kier molecular flexibility index (Phi) is 7.11. The summed E-state index contributed by atoms with van der Waals surface area (Å²) in [5.41, 5.74) is 3.55. The van der Waals surface area contributed by atoms with Gasteiger partial charge in [0.25, 0.3) is 11.8 Å². The van der Waals surface area contributed by atoms with E-state index in [2.05, 4.69) is 5.32 Å². The molecule has 0 radical (unpaired) electrons. The highest BCUT2D eigenvalue weighted by atomic mass is 16.5. The summed E-state index contributed by atoms with van der Waals surface area (Å²) in [5, 5.41) is 2.50. The lowest BCUT2D eigenvalue weighted by atomic mass is 10.1. The number of likely N-dealkylation sites (N-methyl/N-ethyl adjacent to an activating group) is 1. The minimum atomic E-state index is -0.659. The number of hydrogen-bond donors (Lipinski definition) is 1. The Hall–Kier alpha value is -3.15. The SMILES string of the molecule is Cc1ccc(C(=O)NCC(=O)OCC(=O)N(C)Cc2ccccc2)cc1C. The van der Waals surface area contributed by atoms with Crippen molar-refractivity contribution in [3.05, 3.63) is 70.8 Å². The van der Waals surface area contributed by atoms with E-state index in [1.54, 1.807) is 19.2 Å². The summed E-state index contributed by atoms with van der Waals surface area (Å²) in [6.45, 7) is 3.65. The van der Waals surface area contributed by atoms with Gasteiger partial charge in [-0.15, -0.1) is 0 Å². The van der Waals surface area contributed by atoms with Crippen LogP contribution in [0, 0.1) is 13.8 Å². The van der Waals surface area contributed by atoms with Crippen LogP contribution in [0.4, 0.5) is 0 Å². The van der Waals surface area contributed by atoms with Gasteiger partial charge in [0.15, 0.2) is 6.61 Å². The molecule has 2 amide bonds. The summed E-state index contributed by atoms with van der Waals surface area (Å²) in [7, 11) is 1.64. The van der Waals surface area contributed by atoms with E-state index in [0.29, 0.717) is 12.1 Å². The first-order valence-electron chi connectivity index (χ1n) is 8.66. The molecule has 27 heavy (non-hydrogen) atoms. The second kappa shape index (κ2) is 9.52. The van der Waals surface area contributed by atoms with Gasteiger partial charge >= 0.3 is 5.97 Å². The van der Waals surface area contributed by atoms with E-state index in [-0.39, 0.29) is 25.0 Å². The number of aryl methyl sites for hydroxylation is 2. The molecule has 0 aliphatic heterocycles. The Morgan fingerprint density at radius 2 is 1.70 bits per heavy atom. The third kappa shape index (κ3) is 6.26. The van der Waals surface area contributed by atoms with Crippen molar-refractivity contribution in [2.24, 2.45) is 0 Å². The van der Waals surface area contributed by atoms with Crippen LogP contribution in [0.1, 0.15) is 27.0 Å². The molecular formula is C21H24N2O4. The van der Waals surface area contributed by atoms with Crippen LogP contribution in [0.3, 0.4) is 0 Å². The van der Waals surface area contributed by atoms with Crippen molar-refractivity contribution in [1.29, 1.82) is 0 Å². The Bertz CT molecular complexity index is 818. The number of carbonyl (C=O) groups excluding carboxylic acids is 3. The summed E-state index contributed by atoms with van der Waals surface area (Å²) in [4.78, 5) is 37.4. The summed E-state index contributed by atoms with van der Waals surface area (Å²) in [6, 6.07) is 14.8. The average molecular weight is 368 g/mol. The predicted molar refractivity (Wildman–Crippen MR) is 102 cm³/mol. The van der Waals surface area contributed by atoms with Crippen LogP contribution >= 0.6 is 0 Å². The van der Waals surface area contributed by atoms with Crippen LogP contribution in [-0.4, -0.2) is 42.9 Å². The summed E-state index contributed by atoms with van der Waals surface area (Å²) < 4.78 is 4.95. The standard InChI is InChI=1S/C21H24N2O4/c1-15-9-10-18(11-16(15)2)21(26)22-12-20(25)27-14-19(24)23(3)13-17-7-5-4-6-8-17/h4-11H,12-14H2,1-3H3,(H,22,26). The smallest absolute Gasteiger partial charge is 0.325 e. The maximum Gasteiger partial charge on any atom is 0.325 e. The number of ether oxygens (including phenoxy) is 1. The zero-order valence-electron chi connectivity index (χ0n) is 15.8. The van der Waals surface area contributed by atoms with Crippen molar-refractivity contribution < 1.29 is 19.1 Å². The first kappa shape index (κ1) is 20.2. The minimum Gasteiger partial charge on any atom is -0.454 e. The normalized spacial score (nSPS) is 10.2. The van der Waals surface area contributed by atoms with Gasteiger partial charge in [-0.25, -0.2) is 0 Å². The van der Waals surface area contributed by atoms with Crippen molar-refractivity contribution >= 4 is 17.8 Å². The quantitative estimate of drug-likeness (QED) is 0.761. The van der Waals surface area contributed by atoms with E-state index < -0.39 is 5.97 Å². The van der Waals surface area contributed by atoms with Crippen molar-refractivity contribution in [2.45, 2.75) is 20.4 Å². The maximum atomic E-state index is 12.1. The van der Waals surface area contributed by atoms with Crippen molar-refractivity contribution in [3.8, 4) is 0 Å². The van der Waals surface area contributed by atoms with Gasteiger partial charge < -0.3 is 15.0 Å². The average Bonchev–Trinajstić information content (AvgIpc) is 2.67. The van der Waals surface area contributed by atoms with Crippen molar-refractivity contribution in [1.82, 2.24) is 10.2 Å². The Balaban J connectivity index is 1.74. The van der Waals surface area contributed by atoms with Gasteiger partial charge in [0, 0.05) is 19.2 Å². The van der Waals surface area contributed by atoms with Gasteiger partial charge in [-0.2, -0.15) is 0 Å². The third-order valence-electron chi connectivity index (χ3n) is 4.21. The third-order valence-corrected chi connectivity index (χ3v) is 4.21. The van der Waals surface area contributed by atoms with Crippen LogP contribution in [-0.2, 0) is 20.9 Å². The lowest BCUT2D eigenvalue weighted by molar-refractivity contribution is -0.150. The molecule has 2 aromatic rings. The Labute approximate surface area is 159 Å². The molecule has 0 aliphatic rings. The molecule has 2 aromatic carbocycles. The first-order valence-corrected chi connectivity index (χ1v) is 8.66. The zero-order chi connectivity index (χ0) is 19.8. The lowest BCUT2D eigenvalue weighted by Gasteiger charge is -2.17. The second-order valence-corrected chi connectivity index (χ2v) is 6.38. The molecule has 0 spiro atoms. The molecule has 0 bridgehead atoms. The number of nitrogens with zero attached hydrogens (tertiary/aromatic N) is 1. The molecule has 6 heteroatoms. The van der Waals surface area contributed by atoms with Crippen molar-refractivity contribution in [3.63, 3.8) is 0 Å². The Morgan fingerprint density at radius 1 is 1.00 bits per heavy atom. The number of carbonyl (C=O) groups is 3. The zero-order valence-corrected chi connectivity index (χ0v) is 15.8. The van der Waals surface area contributed by atoms with Crippen LogP contribution in [0.25, 0.3) is 0 Å². The topological polar surface area (TPSA) is 75.7 Å². The summed E-state index contributed by atoms with van der Waals surface area (Å²) >= 11 is 0. The van der Waals surface area contributed by atoms with E-state index in [4.69, 9.17) is 4.74 Å². The van der Waals surface area contributed by atoms with E-state index in [1.807, 2.05) is 50.2 Å². The molecule has 0 saturated carbocycles. The molecule has 6 nitrogen and oxygen atoms in total. The van der Waals surface area contributed by atoms with Gasteiger partial charge in [-0.05, 0) is 42.7 Å². The van der Waals surface area contributed by atoms with E-state index in [1.165, 1.54) is 4.90 Å². The molecule has 2 rings (SSSR count). The van der Waals surface area contributed by atoms with Crippen LogP contribution < -0.4 is 5.32 Å². The molecule has 0 fully saturated rings. The van der Waals surface area contributed by atoms with Gasteiger partial charge in [0.1, 0.15) is 6.54 Å². The molecule has 0 heterocycles. The summed E-state index contributed by atoms with van der Waals surface area (Å²) in [5.74, 6) is -1.33. The molecule has 0 atom stereocenters. The molecular weight excluding hydrogens is 344 g/mol. The van der Waals surface area contributed by atoms with Crippen LogP contribution in [0.2, 0.25) is 0 Å². The number of benzene rings is 2. The molecule has 1 N–H and O–H groups in total. The molecule has 0 unspecified atom stereocenters. The van der Waals surface area contributed by atoms with Crippen LogP contribution in [0.5, 0.6) is 0 Å². The fraction of sp³-hybridized carbons (Fsp3) is 0.286. The number of esters is 1. The minimum absolute atomic E-state index is 0.290. The number of nitrogens with one attached hydrogen (secondary N) is 1. The van der Waals surface area contributed by atoms with Gasteiger partial charge in [-0.1, -0.05) is 36.4 Å². The highest BCUT2D eigenvalue weighted by Crippen LogP contribution is 2.09. The van der Waals surface area contributed by atoms with Gasteiger partial charge in [-0.3, -0.25) is 14.4 Å². The van der Waals surface area contributed by atoms with Crippen LogP contribution in [0.15, 0.2) is 48.5 Å². The first-order chi connectivity index (χ1) is 12.9. The maximum absolute atomic E-state index is 12.1. The molecule has 0 aliphatic carbocycles. The molecule has 142 valence electrons.